The van der Waals surface area contributed by atoms with E-state index in [1.807, 2.05) is 29.7 Å². The van der Waals surface area contributed by atoms with E-state index >= 15 is 0 Å². The molecule has 4 nitrogen and oxygen atoms in total. The molecule has 1 saturated heterocycles. The summed E-state index contributed by atoms with van der Waals surface area (Å²) in [6, 6.07) is 12.7. The third-order valence-electron chi connectivity index (χ3n) is 5.80. The van der Waals surface area contributed by atoms with Gasteiger partial charge in [0.05, 0.1) is 19.0 Å². The number of likely N-dealkylation sites (tertiary alicyclic amines) is 1. The molecule has 0 N–H and O–H groups in total. The molecule has 2 aliphatic heterocycles. The molecular weight excluding hydrogens is 342 g/mol. The number of rotatable bonds is 4. The Kier molecular flexibility index (Phi) is 4.06. The van der Waals surface area contributed by atoms with Crippen molar-refractivity contribution >= 4 is 11.3 Å². The van der Waals surface area contributed by atoms with Crippen molar-refractivity contribution in [2.45, 2.75) is 19.5 Å². The summed E-state index contributed by atoms with van der Waals surface area (Å²) >= 11 is 1.87. The summed E-state index contributed by atoms with van der Waals surface area (Å²) in [5.74, 6) is 3.62. The molecule has 0 amide bonds. The van der Waals surface area contributed by atoms with Gasteiger partial charge in [-0.2, -0.15) is 0 Å². The fraction of sp³-hybridized carbons (Fsp3) is 0.381. The van der Waals surface area contributed by atoms with Crippen LogP contribution in [0.4, 0.5) is 0 Å². The van der Waals surface area contributed by atoms with Crippen molar-refractivity contribution in [1.82, 2.24) is 14.5 Å². The zero-order valence-corrected chi connectivity index (χ0v) is 15.8. The van der Waals surface area contributed by atoms with Crippen molar-refractivity contribution in [3.63, 3.8) is 0 Å². The van der Waals surface area contributed by atoms with Crippen LogP contribution in [0.3, 0.4) is 0 Å². The van der Waals surface area contributed by atoms with Gasteiger partial charge >= 0.3 is 0 Å². The second-order valence-electron chi connectivity index (χ2n) is 7.40. The van der Waals surface area contributed by atoms with E-state index in [9.17, 15) is 0 Å². The minimum Gasteiger partial charge on any atom is -0.497 e. The molecule has 0 saturated carbocycles. The first-order valence-electron chi connectivity index (χ1n) is 9.23. The molecule has 5 rings (SSSR count). The quantitative estimate of drug-likeness (QED) is 0.702. The van der Waals surface area contributed by atoms with Crippen molar-refractivity contribution in [1.29, 1.82) is 0 Å². The monoisotopic (exact) mass is 365 g/mol. The largest absolute Gasteiger partial charge is 0.497 e. The minimum absolute atomic E-state index is 0.730. The van der Waals surface area contributed by atoms with E-state index in [1.165, 1.54) is 35.0 Å². The Labute approximate surface area is 158 Å². The number of thiophene rings is 1. The Morgan fingerprint density at radius 1 is 1.12 bits per heavy atom. The lowest BCUT2D eigenvalue weighted by Crippen LogP contribution is -2.28. The van der Waals surface area contributed by atoms with Crippen LogP contribution < -0.4 is 4.74 Å². The second-order valence-corrected chi connectivity index (χ2v) is 8.43. The number of hydrogen-bond donors (Lipinski definition) is 0. The summed E-state index contributed by atoms with van der Waals surface area (Å²) in [6.45, 7) is 4.58. The Morgan fingerprint density at radius 3 is 2.73 bits per heavy atom. The highest BCUT2D eigenvalue weighted by atomic mass is 32.1. The van der Waals surface area contributed by atoms with E-state index in [-0.39, 0.29) is 0 Å². The molecule has 26 heavy (non-hydrogen) atoms. The minimum atomic E-state index is 0.730. The number of fused-ring (bicyclic) bond motifs is 2. The lowest BCUT2D eigenvalue weighted by Gasteiger charge is -2.27. The van der Waals surface area contributed by atoms with E-state index in [0.717, 1.165) is 37.1 Å². The lowest BCUT2D eigenvalue weighted by atomic mass is 9.89. The third kappa shape index (κ3) is 2.85. The predicted molar refractivity (Wildman–Crippen MR) is 104 cm³/mol. The molecule has 0 aliphatic carbocycles. The van der Waals surface area contributed by atoms with Crippen molar-refractivity contribution in [2.24, 2.45) is 11.8 Å². The van der Waals surface area contributed by atoms with Gasteiger partial charge in [-0.3, -0.25) is 4.90 Å². The summed E-state index contributed by atoms with van der Waals surface area (Å²) in [7, 11) is 1.71. The van der Waals surface area contributed by atoms with Gasteiger partial charge in [-0.15, -0.1) is 11.3 Å². The molecule has 134 valence electrons. The number of benzene rings is 1. The zero-order valence-electron chi connectivity index (χ0n) is 15.0. The molecule has 5 heteroatoms. The average Bonchev–Trinajstić information content (AvgIpc) is 3.39. The van der Waals surface area contributed by atoms with Crippen LogP contribution in [0.2, 0.25) is 0 Å². The summed E-state index contributed by atoms with van der Waals surface area (Å²) in [4.78, 5) is 8.85. The summed E-state index contributed by atoms with van der Waals surface area (Å²) in [5, 5.41) is 2.18. The molecule has 2 aromatic heterocycles. The molecule has 3 aromatic rings. The van der Waals surface area contributed by atoms with Gasteiger partial charge in [0.1, 0.15) is 11.6 Å². The number of ether oxygens (including phenoxy) is 1. The number of aromatic nitrogens is 2. The third-order valence-corrected chi connectivity index (χ3v) is 6.66. The Morgan fingerprint density at radius 2 is 1.96 bits per heavy atom. The zero-order chi connectivity index (χ0) is 17.5. The maximum absolute atomic E-state index is 5.28. The SMILES string of the molecule is COc1ccc(-c2cnc3n2C[C@@H]2CN(Cc4cccs4)C[C@H]2C3)cc1. The second kappa shape index (κ2) is 6.56. The molecule has 1 aromatic carbocycles. The lowest BCUT2D eigenvalue weighted by molar-refractivity contribution is 0.308. The van der Waals surface area contributed by atoms with E-state index in [1.54, 1.807) is 7.11 Å². The number of imidazole rings is 1. The number of hydrogen-bond acceptors (Lipinski definition) is 4. The van der Waals surface area contributed by atoms with Gasteiger partial charge < -0.3 is 9.30 Å². The highest BCUT2D eigenvalue weighted by molar-refractivity contribution is 7.09. The van der Waals surface area contributed by atoms with Gasteiger partial charge in [0, 0.05) is 43.0 Å². The maximum atomic E-state index is 5.28. The van der Waals surface area contributed by atoms with Gasteiger partial charge in [0.25, 0.3) is 0 Å². The normalized spacial score (nSPS) is 22.2. The number of nitrogens with zero attached hydrogens (tertiary/aromatic N) is 3. The van der Waals surface area contributed by atoms with Crippen LogP contribution >= 0.6 is 11.3 Å². The van der Waals surface area contributed by atoms with E-state index in [4.69, 9.17) is 9.72 Å². The average molecular weight is 366 g/mol. The van der Waals surface area contributed by atoms with Gasteiger partial charge in [-0.25, -0.2) is 4.98 Å². The van der Waals surface area contributed by atoms with Crippen LogP contribution in [0.25, 0.3) is 11.3 Å². The van der Waals surface area contributed by atoms with E-state index in [2.05, 4.69) is 39.1 Å². The summed E-state index contributed by atoms with van der Waals surface area (Å²) < 4.78 is 7.73. The van der Waals surface area contributed by atoms with E-state index < -0.39 is 0 Å². The van der Waals surface area contributed by atoms with Crippen LogP contribution in [0.15, 0.2) is 48.0 Å². The van der Waals surface area contributed by atoms with Gasteiger partial charge in [0.2, 0.25) is 0 Å². The van der Waals surface area contributed by atoms with Crippen LogP contribution in [0.5, 0.6) is 5.75 Å². The fourth-order valence-corrected chi connectivity index (χ4v) is 5.21. The Hall–Kier alpha value is -2.11. The standard InChI is InChI=1S/C21H23N3OS/c1-25-18-6-4-15(5-7-18)20-10-22-21-9-16-11-23(12-17(16)13-24(20)21)14-19-3-2-8-26-19/h2-8,10,16-17H,9,11-14H2,1H3/t16-,17+/m1/s1. The van der Waals surface area contributed by atoms with Gasteiger partial charge in [-0.1, -0.05) is 6.07 Å². The first-order valence-corrected chi connectivity index (χ1v) is 10.1. The summed E-state index contributed by atoms with van der Waals surface area (Å²) in [6.07, 6.45) is 3.14. The maximum Gasteiger partial charge on any atom is 0.118 e. The molecule has 1 fully saturated rings. The predicted octanol–water partition coefficient (Wildman–Crippen LogP) is 3.92. The van der Waals surface area contributed by atoms with Crippen LogP contribution in [-0.2, 0) is 19.5 Å². The molecule has 0 unspecified atom stereocenters. The molecule has 0 spiro atoms. The Balaban J connectivity index is 1.35. The first kappa shape index (κ1) is 16.1. The number of methoxy groups -OCH3 is 1. The topological polar surface area (TPSA) is 30.3 Å². The first-order chi connectivity index (χ1) is 12.8. The van der Waals surface area contributed by atoms with E-state index in [0.29, 0.717) is 0 Å². The van der Waals surface area contributed by atoms with Crippen molar-refractivity contribution in [3.05, 3.63) is 58.7 Å². The van der Waals surface area contributed by atoms with Gasteiger partial charge in [-0.05, 0) is 47.5 Å². The highest BCUT2D eigenvalue weighted by Gasteiger charge is 2.37. The van der Waals surface area contributed by atoms with Crippen LogP contribution in [-0.4, -0.2) is 34.7 Å². The van der Waals surface area contributed by atoms with Crippen molar-refractivity contribution in [2.75, 3.05) is 20.2 Å². The molecule has 2 atom stereocenters. The fourth-order valence-electron chi connectivity index (χ4n) is 4.47. The highest BCUT2D eigenvalue weighted by Crippen LogP contribution is 2.36. The molecular formula is C21H23N3OS. The van der Waals surface area contributed by atoms with Crippen molar-refractivity contribution in [3.8, 4) is 17.0 Å². The van der Waals surface area contributed by atoms with Crippen molar-refractivity contribution < 1.29 is 4.74 Å². The Bertz CT molecular complexity index is 885. The molecule has 2 aliphatic rings. The smallest absolute Gasteiger partial charge is 0.118 e. The molecule has 0 radical (unpaired) electrons. The molecule has 0 bridgehead atoms. The summed E-state index contributed by atoms with van der Waals surface area (Å²) in [5.41, 5.74) is 2.45. The van der Waals surface area contributed by atoms with Crippen LogP contribution in [0.1, 0.15) is 10.7 Å². The molecule has 4 heterocycles. The van der Waals surface area contributed by atoms with Crippen LogP contribution in [0, 0.1) is 11.8 Å². The van der Waals surface area contributed by atoms with Gasteiger partial charge in [0.15, 0.2) is 0 Å².